The lowest BCUT2D eigenvalue weighted by Crippen LogP contribution is -2.27. The minimum atomic E-state index is -0.664. The van der Waals surface area contributed by atoms with Crippen LogP contribution < -0.4 is 0 Å². The van der Waals surface area contributed by atoms with E-state index in [1.165, 1.54) is 24.5 Å². The SMILES string of the molecule is Fc1ccc(C2C(c3ccccc3)=NC=CN2F)cc1. The molecule has 100 valence electrons. The van der Waals surface area contributed by atoms with Crippen molar-refractivity contribution in [2.75, 3.05) is 0 Å². The fourth-order valence-corrected chi connectivity index (χ4v) is 2.24. The second kappa shape index (κ2) is 5.25. The first kappa shape index (κ1) is 12.5. The Bertz CT molecular complexity index is 648. The van der Waals surface area contributed by atoms with Gasteiger partial charge in [-0.05, 0) is 23.3 Å². The van der Waals surface area contributed by atoms with E-state index in [0.717, 1.165) is 5.56 Å². The number of nitrogens with zero attached hydrogens (tertiary/aromatic N) is 2. The van der Waals surface area contributed by atoms with Gasteiger partial charge >= 0.3 is 0 Å². The fraction of sp³-hybridized carbons (Fsp3) is 0.0625. The predicted molar refractivity (Wildman–Crippen MR) is 74.2 cm³/mol. The summed E-state index contributed by atoms with van der Waals surface area (Å²) in [6.07, 6.45) is 2.68. The molecule has 1 atom stereocenters. The van der Waals surface area contributed by atoms with Gasteiger partial charge in [0.2, 0.25) is 0 Å². The molecule has 3 rings (SSSR count). The summed E-state index contributed by atoms with van der Waals surface area (Å²) in [5.74, 6) is -0.344. The lowest BCUT2D eigenvalue weighted by Gasteiger charge is -2.26. The topological polar surface area (TPSA) is 15.6 Å². The van der Waals surface area contributed by atoms with Crippen LogP contribution in [0, 0.1) is 5.82 Å². The molecule has 0 bridgehead atoms. The maximum absolute atomic E-state index is 14.1. The third-order valence-corrected chi connectivity index (χ3v) is 3.18. The van der Waals surface area contributed by atoms with Crippen molar-refractivity contribution >= 4 is 5.71 Å². The molecule has 1 unspecified atom stereocenters. The van der Waals surface area contributed by atoms with Gasteiger partial charge in [0.05, 0.1) is 11.9 Å². The van der Waals surface area contributed by atoms with Crippen LogP contribution >= 0.6 is 0 Å². The molecule has 0 N–H and O–H groups in total. The third-order valence-electron chi connectivity index (χ3n) is 3.18. The molecule has 4 heteroatoms. The van der Waals surface area contributed by atoms with E-state index in [9.17, 15) is 8.87 Å². The van der Waals surface area contributed by atoms with Gasteiger partial charge in [0.1, 0.15) is 11.9 Å². The summed E-state index contributed by atoms with van der Waals surface area (Å²) in [5.41, 5.74) is 2.09. The molecule has 0 aromatic heterocycles. The molecule has 0 saturated heterocycles. The Morgan fingerprint density at radius 3 is 2.35 bits per heavy atom. The van der Waals surface area contributed by atoms with Gasteiger partial charge in [-0.25, -0.2) is 9.51 Å². The number of hydrogen-bond acceptors (Lipinski definition) is 2. The molecule has 0 radical (unpaired) electrons. The molecule has 1 aliphatic heterocycles. The fourth-order valence-electron chi connectivity index (χ4n) is 2.24. The van der Waals surface area contributed by atoms with Gasteiger partial charge in [-0.3, -0.25) is 4.99 Å². The Morgan fingerprint density at radius 2 is 1.65 bits per heavy atom. The number of rotatable bonds is 2. The Balaban J connectivity index is 2.04. The molecule has 2 aromatic rings. The molecule has 2 aromatic carbocycles. The smallest absolute Gasteiger partial charge is 0.128 e. The van der Waals surface area contributed by atoms with Crippen LogP contribution in [0.4, 0.5) is 8.87 Å². The summed E-state index contributed by atoms with van der Waals surface area (Å²) < 4.78 is 27.2. The highest BCUT2D eigenvalue weighted by Gasteiger charge is 2.27. The molecule has 0 saturated carbocycles. The molecular formula is C16H12F2N2. The number of hydrogen-bond donors (Lipinski definition) is 0. The monoisotopic (exact) mass is 270 g/mol. The molecule has 1 aliphatic rings. The normalized spacial score (nSPS) is 18.0. The van der Waals surface area contributed by atoms with E-state index in [0.29, 0.717) is 16.4 Å². The van der Waals surface area contributed by atoms with Crippen molar-refractivity contribution in [3.8, 4) is 0 Å². The summed E-state index contributed by atoms with van der Waals surface area (Å²) in [6.45, 7) is 0. The van der Waals surface area contributed by atoms with Gasteiger partial charge in [-0.2, -0.15) is 0 Å². The van der Waals surface area contributed by atoms with E-state index in [-0.39, 0.29) is 5.82 Å². The molecule has 2 nitrogen and oxygen atoms in total. The van der Waals surface area contributed by atoms with Gasteiger partial charge in [0, 0.05) is 6.20 Å². The zero-order valence-electron chi connectivity index (χ0n) is 10.6. The molecule has 0 spiro atoms. The van der Waals surface area contributed by atoms with Crippen LogP contribution in [-0.4, -0.2) is 10.8 Å². The Kier molecular flexibility index (Phi) is 3.29. The highest BCUT2D eigenvalue weighted by Crippen LogP contribution is 2.29. The zero-order valence-corrected chi connectivity index (χ0v) is 10.6. The van der Waals surface area contributed by atoms with Crippen molar-refractivity contribution in [2.45, 2.75) is 6.04 Å². The minimum Gasteiger partial charge on any atom is -0.256 e. The first-order valence-corrected chi connectivity index (χ1v) is 6.25. The maximum atomic E-state index is 14.1. The predicted octanol–water partition coefficient (Wildman–Crippen LogP) is 4.03. The first-order valence-electron chi connectivity index (χ1n) is 6.25. The summed E-state index contributed by atoms with van der Waals surface area (Å²) >= 11 is 0. The van der Waals surface area contributed by atoms with Crippen LogP contribution in [0.5, 0.6) is 0 Å². The van der Waals surface area contributed by atoms with Crippen LogP contribution in [0.15, 0.2) is 72.0 Å². The molecule has 0 aliphatic carbocycles. The summed E-state index contributed by atoms with van der Waals surface area (Å²) in [5, 5.41) is 0.586. The van der Waals surface area contributed by atoms with Crippen LogP contribution in [0.1, 0.15) is 17.2 Å². The van der Waals surface area contributed by atoms with Crippen LogP contribution in [-0.2, 0) is 0 Å². The van der Waals surface area contributed by atoms with E-state index in [1.807, 2.05) is 30.3 Å². The Labute approximate surface area is 115 Å². The average molecular weight is 270 g/mol. The van der Waals surface area contributed by atoms with Gasteiger partial charge in [0.15, 0.2) is 0 Å². The lowest BCUT2D eigenvalue weighted by molar-refractivity contribution is 0.0633. The lowest BCUT2D eigenvalue weighted by atomic mass is 9.95. The quantitative estimate of drug-likeness (QED) is 0.752. The highest BCUT2D eigenvalue weighted by molar-refractivity contribution is 6.05. The zero-order chi connectivity index (χ0) is 13.9. The second-order valence-electron chi connectivity index (χ2n) is 4.48. The van der Waals surface area contributed by atoms with E-state index in [4.69, 9.17) is 0 Å². The summed E-state index contributed by atoms with van der Waals surface area (Å²) in [4.78, 5) is 4.29. The number of halogens is 2. The Hall–Kier alpha value is -2.49. The second-order valence-corrected chi connectivity index (χ2v) is 4.48. The largest absolute Gasteiger partial charge is 0.256 e. The maximum Gasteiger partial charge on any atom is 0.128 e. The van der Waals surface area contributed by atoms with Crippen LogP contribution in [0.3, 0.4) is 0 Å². The minimum absolute atomic E-state index is 0.344. The molecule has 1 heterocycles. The van der Waals surface area contributed by atoms with Gasteiger partial charge in [-0.1, -0.05) is 46.9 Å². The van der Waals surface area contributed by atoms with E-state index in [1.54, 1.807) is 12.1 Å². The van der Waals surface area contributed by atoms with Crippen LogP contribution in [0.2, 0.25) is 0 Å². The highest BCUT2D eigenvalue weighted by atomic mass is 19.2. The van der Waals surface area contributed by atoms with Gasteiger partial charge in [-0.15, -0.1) is 0 Å². The first-order chi connectivity index (χ1) is 9.75. The van der Waals surface area contributed by atoms with Crippen molar-refractivity contribution in [3.63, 3.8) is 0 Å². The molecule has 0 amide bonds. The van der Waals surface area contributed by atoms with E-state index >= 15 is 0 Å². The standard InChI is InChI=1S/C16H12F2N2/c17-14-8-6-13(7-9-14)16-15(19-10-11-20(16)18)12-4-2-1-3-5-12/h1-11,16H. The van der Waals surface area contributed by atoms with Crippen molar-refractivity contribution < 1.29 is 8.87 Å². The van der Waals surface area contributed by atoms with Crippen molar-refractivity contribution in [1.29, 1.82) is 0 Å². The molecule has 0 fully saturated rings. The van der Waals surface area contributed by atoms with Crippen molar-refractivity contribution in [3.05, 3.63) is 83.9 Å². The molecule has 20 heavy (non-hydrogen) atoms. The summed E-state index contributed by atoms with van der Waals surface area (Å²) in [6, 6.07) is 14.5. The third kappa shape index (κ3) is 2.32. The van der Waals surface area contributed by atoms with E-state index in [2.05, 4.69) is 4.99 Å². The number of aliphatic imine (C=N–C) groups is 1. The molecular weight excluding hydrogens is 258 g/mol. The van der Waals surface area contributed by atoms with E-state index < -0.39 is 6.04 Å². The van der Waals surface area contributed by atoms with Crippen LogP contribution in [0.25, 0.3) is 0 Å². The Morgan fingerprint density at radius 1 is 0.950 bits per heavy atom. The number of benzene rings is 2. The average Bonchev–Trinajstić information content (AvgIpc) is 2.49. The van der Waals surface area contributed by atoms with Crippen molar-refractivity contribution in [2.24, 2.45) is 4.99 Å². The van der Waals surface area contributed by atoms with Gasteiger partial charge < -0.3 is 0 Å². The van der Waals surface area contributed by atoms with Crippen molar-refractivity contribution in [1.82, 2.24) is 5.12 Å². The summed E-state index contributed by atoms with van der Waals surface area (Å²) in [7, 11) is 0. The van der Waals surface area contributed by atoms with Gasteiger partial charge in [0.25, 0.3) is 0 Å².